The lowest BCUT2D eigenvalue weighted by atomic mass is 9.70. The number of hydrogen-bond donors (Lipinski definition) is 1. The number of nitrogens with one attached hydrogen (secondary N) is 1. The highest BCUT2D eigenvalue weighted by molar-refractivity contribution is 5.89. The fourth-order valence-corrected chi connectivity index (χ4v) is 4.08. The molecule has 0 saturated carbocycles. The average Bonchev–Trinajstić information content (AvgIpc) is 2.96. The first-order chi connectivity index (χ1) is 12.6. The number of aldehydes is 1. The van der Waals surface area contributed by atoms with E-state index in [1.165, 1.54) is 11.1 Å². The van der Waals surface area contributed by atoms with Gasteiger partial charge in [0.25, 0.3) is 0 Å². The van der Waals surface area contributed by atoms with Crippen LogP contribution in [-0.2, 0) is 28.0 Å². The van der Waals surface area contributed by atoms with Crippen LogP contribution in [0.1, 0.15) is 67.0 Å². The summed E-state index contributed by atoms with van der Waals surface area (Å²) in [4.78, 5) is 15.2. The Morgan fingerprint density at radius 1 is 1.46 bits per heavy atom. The van der Waals surface area contributed by atoms with Crippen molar-refractivity contribution >= 4 is 17.2 Å². The first-order valence-electron chi connectivity index (χ1n) is 10.3. The van der Waals surface area contributed by atoms with Crippen molar-refractivity contribution in [3.63, 3.8) is 0 Å². The van der Waals surface area contributed by atoms with Crippen LogP contribution in [0.25, 0.3) is 10.9 Å². The highest BCUT2D eigenvalue weighted by Crippen LogP contribution is 2.49. The predicted octanol–water partition coefficient (Wildman–Crippen LogP) is 4.83. The van der Waals surface area contributed by atoms with Gasteiger partial charge in [0.1, 0.15) is 11.9 Å². The normalized spacial score (nSPS) is 23.4. The molecule has 2 heterocycles. The van der Waals surface area contributed by atoms with E-state index in [2.05, 4.69) is 31.0 Å². The third-order valence-corrected chi connectivity index (χ3v) is 5.41. The predicted molar refractivity (Wildman–Crippen MR) is 98.5 cm³/mol. The molecule has 0 bridgehead atoms. The Balaban J connectivity index is 2.34. The molecule has 0 spiro atoms. The van der Waals surface area contributed by atoms with Gasteiger partial charge in [-0.25, -0.2) is 0 Å². The molecule has 1 aliphatic rings. The number of benzene rings is 1. The molecule has 3 heteroatoms. The van der Waals surface area contributed by atoms with Crippen LogP contribution in [0.2, 0.25) is 0 Å². The van der Waals surface area contributed by atoms with Crippen molar-refractivity contribution in [2.45, 2.75) is 65.8 Å². The summed E-state index contributed by atoms with van der Waals surface area (Å²) < 4.78 is 30.5. The smallest absolute Gasteiger partial charge is 0.123 e. The maximum Gasteiger partial charge on any atom is 0.123 e. The van der Waals surface area contributed by atoms with Gasteiger partial charge in [0.15, 0.2) is 0 Å². The molecule has 1 N–H and O–H groups in total. The Bertz CT molecular complexity index is 866. The molecule has 1 aromatic carbocycles. The number of carbonyl (C=O) groups is 1. The van der Waals surface area contributed by atoms with E-state index in [9.17, 15) is 4.79 Å². The molecule has 130 valence electrons. The molecule has 0 amide bonds. The summed E-state index contributed by atoms with van der Waals surface area (Å²) in [6.45, 7) is 5.75. The Morgan fingerprint density at radius 3 is 2.92 bits per heavy atom. The van der Waals surface area contributed by atoms with Gasteiger partial charge in [-0.05, 0) is 41.9 Å². The largest absolute Gasteiger partial charge is 0.367 e. The number of ether oxygens (including phenoxy) is 1. The van der Waals surface area contributed by atoms with Crippen molar-refractivity contribution in [3.8, 4) is 0 Å². The van der Waals surface area contributed by atoms with Gasteiger partial charge in [-0.3, -0.25) is 0 Å². The van der Waals surface area contributed by atoms with E-state index in [1.807, 2.05) is 0 Å². The van der Waals surface area contributed by atoms with E-state index in [4.69, 9.17) is 8.85 Å². The second kappa shape index (κ2) is 6.03. The van der Waals surface area contributed by atoms with Crippen LogP contribution in [0.15, 0.2) is 12.1 Å². The van der Waals surface area contributed by atoms with Crippen molar-refractivity contribution in [3.05, 3.63) is 34.5 Å². The molecular weight excluding hydrogens is 298 g/mol. The SMILES string of the molecule is [2H]C([2H])([2H])C(C)(C)[C@]1(CC=O)OCCc2c1[nH]c1c(CCC)c(C)ccc21. The van der Waals surface area contributed by atoms with Crippen molar-refractivity contribution in [2.75, 3.05) is 6.61 Å². The van der Waals surface area contributed by atoms with Gasteiger partial charge in [0, 0.05) is 21.4 Å². The lowest BCUT2D eigenvalue weighted by Crippen LogP contribution is -2.46. The number of aromatic nitrogens is 1. The highest BCUT2D eigenvalue weighted by Gasteiger charge is 2.49. The number of fused-ring (bicyclic) bond motifs is 3. The summed E-state index contributed by atoms with van der Waals surface area (Å²) in [6, 6.07) is 4.24. The molecule has 0 unspecified atom stereocenters. The van der Waals surface area contributed by atoms with E-state index < -0.39 is 17.9 Å². The zero-order valence-corrected chi connectivity index (χ0v) is 15.1. The molecular formula is C21H29NO2. The van der Waals surface area contributed by atoms with Gasteiger partial charge in [-0.2, -0.15) is 0 Å². The zero-order valence-electron chi connectivity index (χ0n) is 18.1. The first kappa shape index (κ1) is 13.7. The number of carbonyl (C=O) groups excluding carboxylic acids is 1. The molecule has 1 aliphatic heterocycles. The minimum Gasteiger partial charge on any atom is -0.367 e. The first-order valence-corrected chi connectivity index (χ1v) is 8.82. The molecule has 0 aliphatic carbocycles. The Morgan fingerprint density at radius 2 is 2.25 bits per heavy atom. The molecule has 3 nitrogen and oxygen atoms in total. The van der Waals surface area contributed by atoms with Crippen molar-refractivity contribution < 1.29 is 13.6 Å². The zero-order chi connectivity index (χ0) is 20.0. The number of rotatable bonds is 4. The van der Waals surface area contributed by atoms with Crippen LogP contribution < -0.4 is 0 Å². The third-order valence-electron chi connectivity index (χ3n) is 5.41. The van der Waals surface area contributed by atoms with E-state index in [-0.39, 0.29) is 6.42 Å². The van der Waals surface area contributed by atoms with Gasteiger partial charge in [-0.15, -0.1) is 0 Å². The van der Waals surface area contributed by atoms with Crippen molar-refractivity contribution in [1.82, 2.24) is 4.98 Å². The van der Waals surface area contributed by atoms with E-state index >= 15 is 0 Å². The molecule has 0 saturated heterocycles. The van der Waals surface area contributed by atoms with Gasteiger partial charge >= 0.3 is 0 Å². The molecule has 3 rings (SSSR count). The van der Waals surface area contributed by atoms with Gasteiger partial charge in [0.2, 0.25) is 0 Å². The van der Waals surface area contributed by atoms with Crippen LogP contribution >= 0.6 is 0 Å². The Hall–Kier alpha value is -1.61. The van der Waals surface area contributed by atoms with E-state index in [1.54, 1.807) is 13.8 Å². The monoisotopic (exact) mass is 330 g/mol. The summed E-state index contributed by atoms with van der Waals surface area (Å²) in [7, 11) is 0. The number of H-pyrrole nitrogens is 1. The Kier molecular flexibility index (Phi) is 3.43. The minimum absolute atomic E-state index is 0.0142. The van der Waals surface area contributed by atoms with Crippen LogP contribution in [0, 0.1) is 12.3 Å². The summed E-state index contributed by atoms with van der Waals surface area (Å²) in [5, 5.41) is 1.12. The summed E-state index contributed by atoms with van der Waals surface area (Å²) in [6.07, 6.45) is 3.49. The maximum atomic E-state index is 11.6. The van der Waals surface area contributed by atoms with Gasteiger partial charge in [0.05, 0.1) is 12.3 Å². The summed E-state index contributed by atoms with van der Waals surface area (Å²) >= 11 is 0. The van der Waals surface area contributed by atoms with Crippen LogP contribution in [0.5, 0.6) is 0 Å². The standard InChI is InChI=1S/C21H29NO2/c1-6-7-15-14(2)8-9-16-17-10-13-24-21(11-12-23,20(3,4)5)19(17)22-18(15)16/h8-9,12,22H,6-7,10-11,13H2,1-5H3/t21-/m1/s1/i3D3. The van der Waals surface area contributed by atoms with Crippen LogP contribution in [-0.4, -0.2) is 17.9 Å². The van der Waals surface area contributed by atoms with E-state index in [0.29, 0.717) is 13.0 Å². The topological polar surface area (TPSA) is 42.1 Å². The van der Waals surface area contributed by atoms with Crippen molar-refractivity contribution in [2.24, 2.45) is 5.41 Å². The fourth-order valence-electron chi connectivity index (χ4n) is 4.08. The van der Waals surface area contributed by atoms with Crippen molar-refractivity contribution in [1.29, 1.82) is 0 Å². The third kappa shape index (κ3) is 2.41. The fraction of sp³-hybridized carbons (Fsp3) is 0.571. The molecule has 0 radical (unpaired) electrons. The molecule has 1 aromatic heterocycles. The molecule has 0 fully saturated rings. The van der Waals surface area contributed by atoms with Crippen LogP contribution in [0.3, 0.4) is 0 Å². The number of aromatic amines is 1. The quantitative estimate of drug-likeness (QED) is 0.816. The van der Waals surface area contributed by atoms with Gasteiger partial charge in [-0.1, -0.05) is 46.2 Å². The lowest BCUT2D eigenvalue weighted by molar-refractivity contribution is -0.147. The minimum atomic E-state index is -2.27. The second-order valence-electron chi connectivity index (χ2n) is 7.43. The molecule has 1 atom stereocenters. The summed E-state index contributed by atoms with van der Waals surface area (Å²) in [5.74, 6) is 0. The molecule has 2 aromatic rings. The second-order valence-corrected chi connectivity index (χ2v) is 7.43. The highest BCUT2D eigenvalue weighted by atomic mass is 16.5. The Labute approximate surface area is 149 Å². The van der Waals surface area contributed by atoms with Gasteiger partial charge < -0.3 is 14.5 Å². The maximum absolute atomic E-state index is 11.6. The van der Waals surface area contributed by atoms with E-state index in [0.717, 1.165) is 41.3 Å². The van der Waals surface area contributed by atoms with Crippen LogP contribution in [0.4, 0.5) is 0 Å². The summed E-state index contributed by atoms with van der Waals surface area (Å²) in [5.41, 5.74) is 2.98. The number of aryl methyl sites for hydroxylation is 2. The average molecular weight is 330 g/mol. The molecule has 24 heavy (non-hydrogen) atoms. The lowest BCUT2D eigenvalue weighted by Gasteiger charge is -2.46. The number of hydrogen-bond acceptors (Lipinski definition) is 2.